The number of carbonyl (C=O) groups is 1. The molecule has 0 heterocycles. The molecule has 20 heavy (non-hydrogen) atoms. The molecule has 0 saturated heterocycles. The monoisotopic (exact) mass is 300 g/mol. The second-order valence-corrected chi connectivity index (χ2v) is 6.63. The van der Waals surface area contributed by atoms with E-state index in [4.69, 9.17) is 0 Å². The van der Waals surface area contributed by atoms with Crippen molar-refractivity contribution in [2.75, 3.05) is 18.9 Å². The highest BCUT2D eigenvalue weighted by Gasteiger charge is 2.31. The maximum Gasteiger partial charge on any atom is 0.311 e. The second-order valence-electron chi connectivity index (χ2n) is 4.78. The van der Waals surface area contributed by atoms with Crippen molar-refractivity contribution in [3.63, 3.8) is 0 Å². The lowest BCUT2D eigenvalue weighted by Gasteiger charge is -2.24. The quantitative estimate of drug-likeness (QED) is 0.709. The minimum atomic E-state index is -3.58. The van der Waals surface area contributed by atoms with Gasteiger partial charge in [-0.25, -0.2) is 13.1 Å². The van der Waals surface area contributed by atoms with Gasteiger partial charge in [0, 0.05) is 6.54 Å². The van der Waals surface area contributed by atoms with Gasteiger partial charge in [0.2, 0.25) is 10.0 Å². The van der Waals surface area contributed by atoms with Crippen molar-refractivity contribution in [1.82, 2.24) is 4.72 Å². The van der Waals surface area contributed by atoms with Gasteiger partial charge >= 0.3 is 5.97 Å². The minimum Gasteiger partial charge on any atom is -0.481 e. The van der Waals surface area contributed by atoms with E-state index in [1.54, 1.807) is 32.0 Å². The molecule has 6 nitrogen and oxygen atoms in total. The first kappa shape index (κ1) is 16.5. The number of benzene rings is 1. The number of carboxylic acid groups (broad SMARTS) is 1. The Morgan fingerprint density at radius 2 is 1.95 bits per heavy atom. The summed E-state index contributed by atoms with van der Waals surface area (Å²) in [7, 11) is -2.25. The Morgan fingerprint density at radius 3 is 2.45 bits per heavy atom. The van der Waals surface area contributed by atoms with E-state index in [0.717, 1.165) is 0 Å². The van der Waals surface area contributed by atoms with Crippen LogP contribution in [-0.2, 0) is 14.8 Å². The SMILES string of the molecule is CCC(C)(CNc1ccccc1S(=O)(=O)NC)C(=O)O. The van der Waals surface area contributed by atoms with Gasteiger partial charge in [-0.05, 0) is 32.5 Å². The Morgan fingerprint density at radius 1 is 1.35 bits per heavy atom. The largest absolute Gasteiger partial charge is 0.481 e. The summed E-state index contributed by atoms with van der Waals surface area (Å²) in [5, 5.41) is 12.1. The van der Waals surface area contributed by atoms with Crippen LogP contribution in [-0.4, -0.2) is 33.1 Å². The maximum absolute atomic E-state index is 11.9. The molecule has 0 aliphatic carbocycles. The third-order valence-electron chi connectivity index (χ3n) is 3.41. The zero-order chi connectivity index (χ0) is 15.4. The Bertz CT molecular complexity index is 586. The van der Waals surface area contributed by atoms with Crippen molar-refractivity contribution in [1.29, 1.82) is 0 Å². The fourth-order valence-electron chi connectivity index (χ4n) is 1.60. The van der Waals surface area contributed by atoms with Crippen LogP contribution in [0.5, 0.6) is 0 Å². The van der Waals surface area contributed by atoms with Gasteiger partial charge in [-0.3, -0.25) is 4.79 Å². The Labute approximate surface area is 119 Å². The summed E-state index contributed by atoms with van der Waals surface area (Å²) >= 11 is 0. The van der Waals surface area contributed by atoms with Crippen LogP contribution in [0.1, 0.15) is 20.3 Å². The number of hydrogen-bond donors (Lipinski definition) is 3. The van der Waals surface area contributed by atoms with Crippen molar-refractivity contribution < 1.29 is 18.3 Å². The molecular weight excluding hydrogens is 280 g/mol. The molecule has 0 amide bonds. The third kappa shape index (κ3) is 3.49. The fraction of sp³-hybridized carbons (Fsp3) is 0.462. The molecule has 7 heteroatoms. The molecule has 3 N–H and O–H groups in total. The second kappa shape index (κ2) is 6.23. The van der Waals surface area contributed by atoms with E-state index in [2.05, 4.69) is 10.0 Å². The fourth-order valence-corrected chi connectivity index (χ4v) is 2.51. The van der Waals surface area contributed by atoms with Crippen LogP contribution in [0.2, 0.25) is 0 Å². The molecule has 0 spiro atoms. The summed E-state index contributed by atoms with van der Waals surface area (Å²) < 4.78 is 26.0. The van der Waals surface area contributed by atoms with Crippen molar-refractivity contribution in [2.45, 2.75) is 25.2 Å². The molecule has 0 aliphatic rings. The van der Waals surface area contributed by atoms with Gasteiger partial charge in [0.05, 0.1) is 11.1 Å². The van der Waals surface area contributed by atoms with E-state index < -0.39 is 21.4 Å². The third-order valence-corrected chi connectivity index (χ3v) is 4.88. The molecule has 0 aliphatic heterocycles. The summed E-state index contributed by atoms with van der Waals surface area (Å²) in [4.78, 5) is 11.3. The summed E-state index contributed by atoms with van der Waals surface area (Å²) in [5.74, 6) is -0.915. The molecule has 1 atom stereocenters. The normalized spacial score (nSPS) is 14.6. The molecule has 1 rings (SSSR count). The molecule has 0 radical (unpaired) electrons. The predicted molar refractivity (Wildman–Crippen MR) is 77.2 cm³/mol. The lowest BCUT2D eigenvalue weighted by atomic mass is 9.87. The number of para-hydroxylation sites is 1. The van der Waals surface area contributed by atoms with Crippen LogP contribution in [0, 0.1) is 5.41 Å². The summed E-state index contributed by atoms with van der Waals surface area (Å²) in [6, 6.07) is 6.40. The zero-order valence-corrected chi connectivity index (χ0v) is 12.6. The smallest absolute Gasteiger partial charge is 0.311 e. The van der Waals surface area contributed by atoms with Crippen LogP contribution in [0.25, 0.3) is 0 Å². The molecule has 1 aromatic rings. The molecule has 112 valence electrons. The van der Waals surface area contributed by atoms with Gasteiger partial charge in [0.15, 0.2) is 0 Å². The molecule has 0 bridgehead atoms. The number of anilines is 1. The van der Waals surface area contributed by atoms with E-state index in [1.165, 1.54) is 13.1 Å². The Kier molecular flexibility index (Phi) is 5.13. The van der Waals surface area contributed by atoms with Crippen LogP contribution in [0.15, 0.2) is 29.2 Å². The number of rotatable bonds is 7. The van der Waals surface area contributed by atoms with E-state index in [1.807, 2.05) is 0 Å². The number of sulfonamides is 1. The van der Waals surface area contributed by atoms with Gasteiger partial charge in [-0.1, -0.05) is 19.1 Å². The Balaban J connectivity index is 3.03. The van der Waals surface area contributed by atoms with E-state index in [0.29, 0.717) is 12.1 Å². The summed E-state index contributed by atoms with van der Waals surface area (Å²) in [6.45, 7) is 3.55. The highest BCUT2D eigenvalue weighted by Crippen LogP contribution is 2.25. The van der Waals surface area contributed by atoms with Crippen molar-refractivity contribution >= 4 is 21.7 Å². The highest BCUT2D eigenvalue weighted by molar-refractivity contribution is 7.89. The number of nitrogens with one attached hydrogen (secondary N) is 2. The van der Waals surface area contributed by atoms with E-state index >= 15 is 0 Å². The van der Waals surface area contributed by atoms with Crippen molar-refractivity contribution in [3.8, 4) is 0 Å². The van der Waals surface area contributed by atoms with Gasteiger partial charge in [-0.15, -0.1) is 0 Å². The highest BCUT2D eigenvalue weighted by atomic mass is 32.2. The topological polar surface area (TPSA) is 95.5 Å². The average Bonchev–Trinajstić information content (AvgIpc) is 2.44. The number of carboxylic acids is 1. The van der Waals surface area contributed by atoms with E-state index in [9.17, 15) is 18.3 Å². The Hall–Kier alpha value is -1.60. The van der Waals surface area contributed by atoms with Crippen molar-refractivity contribution in [2.24, 2.45) is 5.41 Å². The molecule has 1 aromatic carbocycles. The molecular formula is C13H20N2O4S. The number of hydrogen-bond acceptors (Lipinski definition) is 4. The van der Waals surface area contributed by atoms with Crippen molar-refractivity contribution in [3.05, 3.63) is 24.3 Å². The first-order valence-corrected chi connectivity index (χ1v) is 7.75. The minimum absolute atomic E-state index is 0.103. The van der Waals surface area contributed by atoms with Crippen LogP contribution in [0.4, 0.5) is 5.69 Å². The van der Waals surface area contributed by atoms with Gasteiger partial charge in [0.25, 0.3) is 0 Å². The summed E-state index contributed by atoms with van der Waals surface area (Å²) in [5.41, 5.74) is -0.556. The molecule has 0 aromatic heterocycles. The lowest BCUT2D eigenvalue weighted by Crippen LogP contribution is -2.34. The van der Waals surface area contributed by atoms with Gasteiger partial charge in [0.1, 0.15) is 4.90 Å². The first-order chi connectivity index (χ1) is 9.27. The standard InChI is InChI=1S/C13H20N2O4S/c1-4-13(2,12(16)17)9-15-10-7-5-6-8-11(10)20(18,19)14-3/h5-8,14-15H,4,9H2,1-3H3,(H,16,17). The van der Waals surface area contributed by atoms with Gasteiger partial charge < -0.3 is 10.4 Å². The number of aliphatic carboxylic acids is 1. The molecule has 0 saturated carbocycles. The van der Waals surface area contributed by atoms with E-state index in [-0.39, 0.29) is 11.4 Å². The molecule has 0 fully saturated rings. The maximum atomic E-state index is 11.9. The zero-order valence-electron chi connectivity index (χ0n) is 11.8. The summed E-state index contributed by atoms with van der Waals surface area (Å²) in [6.07, 6.45) is 0.441. The lowest BCUT2D eigenvalue weighted by molar-refractivity contribution is -0.147. The molecule has 1 unspecified atom stereocenters. The van der Waals surface area contributed by atoms with Crippen LogP contribution >= 0.6 is 0 Å². The van der Waals surface area contributed by atoms with Crippen LogP contribution in [0.3, 0.4) is 0 Å². The predicted octanol–water partition coefficient (Wildman–Crippen LogP) is 1.51. The average molecular weight is 300 g/mol. The van der Waals surface area contributed by atoms with Gasteiger partial charge in [-0.2, -0.15) is 0 Å². The first-order valence-electron chi connectivity index (χ1n) is 6.26. The van der Waals surface area contributed by atoms with Crippen LogP contribution < -0.4 is 10.0 Å².